The van der Waals surface area contributed by atoms with Gasteiger partial charge in [0, 0.05) is 18.9 Å². The SMILES string of the molecule is O=C([C@@H]1CCc2ccccc21)N1CCC[C@@H]1Cn1cccn1. The summed E-state index contributed by atoms with van der Waals surface area (Å²) in [6, 6.07) is 10.6. The lowest BCUT2D eigenvalue weighted by Gasteiger charge is -2.27. The topological polar surface area (TPSA) is 38.1 Å². The van der Waals surface area contributed by atoms with Gasteiger partial charge in [0.2, 0.25) is 5.91 Å². The number of amides is 1. The van der Waals surface area contributed by atoms with Gasteiger partial charge < -0.3 is 4.90 Å². The largest absolute Gasteiger partial charge is 0.337 e. The van der Waals surface area contributed by atoms with Crippen molar-refractivity contribution in [3.63, 3.8) is 0 Å². The molecule has 4 nitrogen and oxygen atoms in total. The molecule has 1 aromatic carbocycles. The fourth-order valence-corrected chi connectivity index (χ4v) is 3.95. The molecule has 114 valence electrons. The number of carbonyl (C=O) groups is 1. The lowest BCUT2D eigenvalue weighted by atomic mass is 9.99. The Morgan fingerprint density at radius 1 is 1.23 bits per heavy atom. The number of likely N-dealkylation sites (tertiary alicyclic amines) is 1. The normalized spacial score (nSPS) is 23.7. The summed E-state index contributed by atoms with van der Waals surface area (Å²) >= 11 is 0. The number of aryl methyl sites for hydroxylation is 1. The van der Waals surface area contributed by atoms with Crippen LogP contribution in [-0.4, -0.2) is 33.2 Å². The van der Waals surface area contributed by atoms with Gasteiger partial charge in [0.15, 0.2) is 0 Å². The van der Waals surface area contributed by atoms with Crippen LogP contribution in [0, 0.1) is 0 Å². The van der Waals surface area contributed by atoms with Gasteiger partial charge in [0.1, 0.15) is 0 Å². The first-order valence-electron chi connectivity index (χ1n) is 8.18. The van der Waals surface area contributed by atoms with Crippen molar-refractivity contribution in [2.75, 3.05) is 6.54 Å². The van der Waals surface area contributed by atoms with Crippen LogP contribution in [0.4, 0.5) is 0 Å². The molecule has 1 saturated heterocycles. The quantitative estimate of drug-likeness (QED) is 0.873. The Kier molecular flexibility index (Phi) is 3.45. The molecule has 0 radical (unpaired) electrons. The maximum absolute atomic E-state index is 13.0. The Bertz CT molecular complexity index is 665. The second-order valence-electron chi connectivity index (χ2n) is 6.35. The smallest absolute Gasteiger partial charge is 0.230 e. The summed E-state index contributed by atoms with van der Waals surface area (Å²) in [6.45, 7) is 1.70. The monoisotopic (exact) mass is 295 g/mol. The number of benzene rings is 1. The summed E-state index contributed by atoms with van der Waals surface area (Å²) in [5.74, 6) is 0.383. The molecule has 2 heterocycles. The highest BCUT2D eigenvalue weighted by molar-refractivity contribution is 5.85. The number of hydrogen-bond donors (Lipinski definition) is 0. The molecule has 4 heteroatoms. The molecule has 0 saturated carbocycles. The summed E-state index contributed by atoms with van der Waals surface area (Å²) in [6.07, 6.45) is 7.96. The Morgan fingerprint density at radius 3 is 3.00 bits per heavy atom. The standard InChI is InChI=1S/C18H21N3O/c22-18(17-9-8-14-5-1-2-7-16(14)17)21-12-3-6-15(21)13-20-11-4-10-19-20/h1-2,4-5,7,10-11,15,17H,3,6,8-9,12-13H2/t15-,17-/m1/s1. The summed E-state index contributed by atoms with van der Waals surface area (Å²) in [7, 11) is 0. The first-order valence-corrected chi connectivity index (χ1v) is 8.18. The molecule has 0 bridgehead atoms. The van der Waals surface area contributed by atoms with Crippen LogP contribution in [0.5, 0.6) is 0 Å². The zero-order valence-corrected chi connectivity index (χ0v) is 12.7. The van der Waals surface area contributed by atoms with Crippen LogP contribution in [0.3, 0.4) is 0 Å². The molecule has 1 aliphatic carbocycles. The average Bonchev–Trinajstić information content (AvgIpc) is 3.27. The molecule has 1 aliphatic heterocycles. The van der Waals surface area contributed by atoms with E-state index < -0.39 is 0 Å². The number of rotatable bonds is 3. The van der Waals surface area contributed by atoms with Crippen molar-refractivity contribution >= 4 is 5.91 Å². The molecule has 2 aromatic rings. The number of nitrogens with zero attached hydrogens (tertiary/aromatic N) is 3. The van der Waals surface area contributed by atoms with Crippen LogP contribution in [0.15, 0.2) is 42.7 Å². The molecule has 2 atom stereocenters. The molecule has 2 aliphatic rings. The summed E-state index contributed by atoms with van der Waals surface area (Å²) < 4.78 is 1.94. The minimum Gasteiger partial charge on any atom is -0.337 e. The van der Waals surface area contributed by atoms with Crippen molar-refractivity contribution in [2.24, 2.45) is 0 Å². The Hall–Kier alpha value is -2.10. The predicted molar refractivity (Wildman–Crippen MR) is 84.5 cm³/mol. The van der Waals surface area contributed by atoms with E-state index in [1.54, 1.807) is 6.20 Å². The molecular formula is C18H21N3O. The second kappa shape index (κ2) is 5.59. The highest BCUT2D eigenvalue weighted by Crippen LogP contribution is 2.36. The van der Waals surface area contributed by atoms with Gasteiger partial charge in [0.25, 0.3) is 0 Å². The van der Waals surface area contributed by atoms with E-state index in [-0.39, 0.29) is 5.92 Å². The minimum absolute atomic E-state index is 0.0643. The Labute approximate surface area is 130 Å². The van der Waals surface area contributed by atoms with E-state index in [9.17, 15) is 4.79 Å². The van der Waals surface area contributed by atoms with Crippen LogP contribution in [0.25, 0.3) is 0 Å². The molecule has 0 spiro atoms. The van der Waals surface area contributed by atoms with E-state index in [0.717, 1.165) is 38.8 Å². The van der Waals surface area contributed by atoms with E-state index in [1.807, 2.05) is 16.9 Å². The summed E-state index contributed by atoms with van der Waals surface area (Å²) in [5.41, 5.74) is 2.60. The number of carbonyl (C=O) groups excluding carboxylic acids is 1. The van der Waals surface area contributed by atoms with Crippen LogP contribution < -0.4 is 0 Å². The van der Waals surface area contributed by atoms with Gasteiger partial charge in [0.05, 0.1) is 18.5 Å². The lowest BCUT2D eigenvalue weighted by Crippen LogP contribution is -2.40. The molecule has 1 fully saturated rings. The van der Waals surface area contributed by atoms with E-state index in [2.05, 4.69) is 34.3 Å². The summed E-state index contributed by atoms with van der Waals surface area (Å²) in [4.78, 5) is 15.2. The van der Waals surface area contributed by atoms with E-state index in [1.165, 1.54) is 11.1 Å². The maximum atomic E-state index is 13.0. The third kappa shape index (κ3) is 2.32. The van der Waals surface area contributed by atoms with Crippen molar-refractivity contribution in [1.29, 1.82) is 0 Å². The van der Waals surface area contributed by atoms with Crippen molar-refractivity contribution < 1.29 is 4.79 Å². The van der Waals surface area contributed by atoms with Gasteiger partial charge in [-0.05, 0) is 42.9 Å². The third-order valence-electron chi connectivity index (χ3n) is 5.05. The van der Waals surface area contributed by atoms with Gasteiger partial charge >= 0.3 is 0 Å². The molecule has 1 aromatic heterocycles. The average molecular weight is 295 g/mol. The van der Waals surface area contributed by atoms with Crippen LogP contribution in [0.1, 0.15) is 36.3 Å². The van der Waals surface area contributed by atoms with Gasteiger partial charge in [-0.3, -0.25) is 9.48 Å². The number of fused-ring (bicyclic) bond motifs is 1. The highest BCUT2D eigenvalue weighted by atomic mass is 16.2. The van der Waals surface area contributed by atoms with Crippen molar-refractivity contribution in [3.05, 3.63) is 53.9 Å². The zero-order chi connectivity index (χ0) is 14.9. The zero-order valence-electron chi connectivity index (χ0n) is 12.7. The fraction of sp³-hybridized carbons (Fsp3) is 0.444. The summed E-state index contributed by atoms with van der Waals surface area (Å²) in [5, 5.41) is 4.29. The van der Waals surface area contributed by atoms with E-state index in [4.69, 9.17) is 0 Å². The molecule has 1 amide bonds. The molecule has 0 unspecified atom stereocenters. The van der Waals surface area contributed by atoms with Crippen LogP contribution in [-0.2, 0) is 17.8 Å². The highest BCUT2D eigenvalue weighted by Gasteiger charge is 2.36. The number of aromatic nitrogens is 2. The first kappa shape index (κ1) is 13.6. The van der Waals surface area contributed by atoms with Crippen molar-refractivity contribution in [2.45, 2.75) is 44.2 Å². The Morgan fingerprint density at radius 2 is 2.14 bits per heavy atom. The number of hydrogen-bond acceptors (Lipinski definition) is 2. The van der Waals surface area contributed by atoms with Crippen LogP contribution in [0.2, 0.25) is 0 Å². The first-order chi connectivity index (χ1) is 10.8. The maximum Gasteiger partial charge on any atom is 0.230 e. The Balaban J connectivity index is 1.52. The fourth-order valence-electron chi connectivity index (χ4n) is 3.95. The predicted octanol–water partition coefficient (Wildman–Crippen LogP) is 2.60. The molecule has 4 rings (SSSR count). The van der Waals surface area contributed by atoms with E-state index >= 15 is 0 Å². The molecule has 22 heavy (non-hydrogen) atoms. The van der Waals surface area contributed by atoms with Gasteiger partial charge in [-0.15, -0.1) is 0 Å². The van der Waals surface area contributed by atoms with Gasteiger partial charge in [-0.1, -0.05) is 24.3 Å². The molecule has 0 N–H and O–H groups in total. The van der Waals surface area contributed by atoms with Crippen molar-refractivity contribution in [1.82, 2.24) is 14.7 Å². The molecular weight excluding hydrogens is 274 g/mol. The third-order valence-corrected chi connectivity index (χ3v) is 5.05. The van der Waals surface area contributed by atoms with E-state index in [0.29, 0.717) is 11.9 Å². The van der Waals surface area contributed by atoms with Crippen LogP contribution >= 0.6 is 0 Å². The van der Waals surface area contributed by atoms with Gasteiger partial charge in [-0.25, -0.2) is 0 Å². The van der Waals surface area contributed by atoms with Gasteiger partial charge in [-0.2, -0.15) is 5.10 Å². The second-order valence-corrected chi connectivity index (χ2v) is 6.35. The van der Waals surface area contributed by atoms with Crippen molar-refractivity contribution in [3.8, 4) is 0 Å². The minimum atomic E-state index is 0.0643. The lowest BCUT2D eigenvalue weighted by molar-refractivity contribution is -0.133.